The standard InChI is InChI=1S/C17H20ClN3O3/c1-2-24-17(23)11-4-3-7-21(9-11)10-15-19-14-8-12(18)5-6-13(14)16(22)20-15/h5-6,8,11H,2-4,7,9-10H2,1H3,(H,19,20,22)/t11-/m1/s1. The zero-order valence-corrected chi connectivity index (χ0v) is 14.3. The van der Waals surface area contributed by atoms with E-state index in [9.17, 15) is 9.59 Å². The van der Waals surface area contributed by atoms with Crippen molar-refractivity contribution in [3.63, 3.8) is 0 Å². The Morgan fingerprint density at radius 2 is 2.33 bits per heavy atom. The van der Waals surface area contributed by atoms with E-state index >= 15 is 0 Å². The van der Waals surface area contributed by atoms with Crippen LogP contribution in [0.1, 0.15) is 25.6 Å². The lowest BCUT2D eigenvalue weighted by Gasteiger charge is -2.30. The second-order valence-electron chi connectivity index (χ2n) is 6.00. The molecule has 1 aliphatic rings. The Labute approximate surface area is 144 Å². The van der Waals surface area contributed by atoms with Gasteiger partial charge in [-0.25, -0.2) is 4.98 Å². The number of aromatic amines is 1. The van der Waals surface area contributed by atoms with E-state index in [0.29, 0.717) is 41.4 Å². The smallest absolute Gasteiger partial charge is 0.310 e. The number of hydrogen-bond acceptors (Lipinski definition) is 5. The van der Waals surface area contributed by atoms with E-state index in [1.165, 1.54) is 0 Å². The number of H-pyrrole nitrogens is 1. The summed E-state index contributed by atoms with van der Waals surface area (Å²) in [5.41, 5.74) is 0.408. The Balaban J connectivity index is 1.77. The maximum atomic E-state index is 12.2. The molecule has 0 aliphatic carbocycles. The number of aromatic nitrogens is 2. The van der Waals surface area contributed by atoms with Crippen LogP contribution in [0, 0.1) is 5.92 Å². The molecule has 24 heavy (non-hydrogen) atoms. The van der Waals surface area contributed by atoms with Crippen LogP contribution < -0.4 is 5.56 Å². The van der Waals surface area contributed by atoms with E-state index in [-0.39, 0.29) is 17.4 Å². The quantitative estimate of drug-likeness (QED) is 0.857. The van der Waals surface area contributed by atoms with Crippen molar-refractivity contribution in [2.45, 2.75) is 26.3 Å². The monoisotopic (exact) mass is 349 g/mol. The first-order chi connectivity index (χ1) is 11.6. The third-order valence-electron chi connectivity index (χ3n) is 4.22. The van der Waals surface area contributed by atoms with Crippen LogP contribution in [0.3, 0.4) is 0 Å². The van der Waals surface area contributed by atoms with Crippen LogP contribution in [0.15, 0.2) is 23.0 Å². The third kappa shape index (κ3) is 3.76. The number of halogens is 1. The number of rotatable bonds is 4. The van der Waals surface area contributed by atoms with E-state index < -0.39 is 0 Å². The molecule has 6 nitrogen and oxygen atoms in total. The average Bonchev–Trinajstić information content (AvgIpc) is 2.55. The molecule has 1 aromatic carbocycles. The molecule has 0 saturated carbocycles. The summed E-state index contributed by atoms with van der Waals surface area (Å²) in [5.74, 6) is 0.327. The fraction of sp³-hybridized carbons (Fsp3) is 0.471. The van der Waals surface area contributed by atoms with Crippen molar-refractivity contribution < 1.29 is 9.53 Å². The van der Waals surface area contributed by atoms with Gasteiger partial charge in [-0.2, -0.15) is 0 Å². The lowest BCUT2D eigenvalue weighted by atomic mass is 9.98. The molecule has 1 aliphatic heterocycles. The molecule has 128 valence electrons. The Morgan fingerprint density at radius 1 is 1.50 bits per heavy atom. The summed E-state index contributed by atoms with van der Waals surface area (Å²) in [6, 6.07) is 5.03. The molecule has 0 bridgehead atoms. The van der Waals surface area contributed by atoms with Gasteiger partial charge in [-0.3, -0.25) is 14.5 Å². The Hall–Kier alpha value is -1.92. The highest BCUT2D eigenvalue weighted by molar-refractivity contribution is 6.31. The van der Waals surface area contributed by atoms with E-state index in [4.69, 9.17) is 16.3 Å². The Bertz CT molecular complexity index is 805. The van der Waals surface area contributed by atoms with Gasteiger partial charge in [0.1, 0.15) is 5.82 Å². The van der Waals surface area contributed by atoms with Gasteiger partial charge in [0.25, 0.3) is 5.56 Å². The molecule has 2 aromatic rings. The normalized spacial score (nSPS) is 18.7. The number of fused-ring (bicyclic) bond motifs is 1. The van der Waals surface area contributed by atoms with Crippen molar-refractivity contribution in [2.24, 2.45) is 5.92 Å². The maximum absolute atomic E-state index is 12.2. The molecule has 1 fully saturated rings. The van der Waals surface area contributed by atoms with Crippen molar-refractivity contribution in [1.82, 2.24) is 14.9 Å². The molecule has 0 radical (unpaired) electrons. The number of nitrogens with one attached hydrogen (secondary N) is 1. The first kappa shape index (κ1) is 16.9. The third-order valence-corrected chi connectivity index (χ3v) is 4.45. The number of benzene rings is 1. The molecule has 0 amide bonds. The number of likely N-dealkylation sites (tertiary alicyclic amines) is 1. The summed E-state index contributed by atoms with van der Waals surface area (Å²) >= 11 is 5.98. The van der Waals surface area contributed by atoms with Gasteiger partial charge in [-0.15, -0.1) is 0 Å². The van der Waals surface area contributed by atoms with Crippen molar-refractivity contribution in [2.75, 3.05) is 19.7 Å². The highest BCUT2D eigenvalue weighted by atomic mass is 35.5. The number of carbonyl (C=O) groups is 1. The summed E-state index contributed by atoms with van der Waals surface area (Å²) in [5, 5.41) is 1.07. The second-order valence-corrected chi connectivity index (χ2v) is 6.44. The molecule has 1 aromatic heterocycles. The fourth-order valence-electron chi connectivity index (χ4n) is 3.10. The van der Waals surface area contributed by atoms with Crippen LogP contribution in [0.2, 0.25) is 5.02 Å². The lowest BCUT2D eigenvalue weighted by molar-refractivity contribution is -0.150. The van der Waals surface area contributed by atoms with Gasteiger partial charge in [0.05, 0.1) is 30.0 Å². The van der Waals surface area contributed by atoms with Crippen molar-refractivity contribution in [3.8, 4) is 0 Å². The van der Waals surface area contributed by atoms with Crippen LogP contribution in [0.4, 0.5) is 0 Å². The van der Waals surface area contributed by atoms with Crippen LogP contribution in [0.25, 0.3) is 10.9 Å². The summed E-state index contributed by atoms with van der Waals surface area (Å²) in [6.07, 6.45) is 1.76. The van der Waals surface area contributed by atoms with E-state index in [1.807, 2.05) is 6.92 Å². The summed E-state index contributed by atoms with van der Waals surface area (Å²) in [7, 11) is 0. The number of carbonyl (C=O) groups excluding carboxylic acids is 1. The van der Waals surface area contributed by atoms with Gasteiger partial charge in [0.15, 0.2) is 0 Å². The number of piperidine rings is 1. The molecule has 7 heteroatoms. The molecule has 0 spiro atoms. The molecule has 2 heterocycles. The molecule has 1 atom stereocenters. The highest BCUT2D eigenvalue weighted by Crippen LogP contribution is 2.20. The molecule has 1 saturated heterocycles. The molecule has 0 unspecified atom stereocenters. The van der Waals surface area contributed by atoms with Crippen molar-refractivity contribution >= 4 is 28.5 Å². The van der Waals surface area contributed by atoms with Gasteiger partial charge in [-0.05, 0) is 44.5 Å². The summed E-state index contributed by atoms with van der Waals surface area (Å²) in [6.45, 7) is 4.19. The molecular formula is C17H20ClN3O3. The number of esters is 1. The van der Waals surface area contributed by atoms with Crippen molar-refractivity contribution in [3.05, 3.63) is 39.4 Å². The van der Waals surface area contributed by atoms with Gasteiger partial charge in [0.2, 0.25) is 0 Å². The Morgan fingerprint density at radius 3 is 3.12 bits per heavy atom. The predicted molar refractivity (Wildman–Crippen MR) is 92.0 cm³/mol. The SMILES string of the molecule is CCOC(=O)[C@@H]1CCCN(Cc2nc3cc(Cl)ccc3c(=O)[nH]2)C1. The molecule has 1 N–H and O–H groups in total. The first-order valence-electron chi connectivity index (χ1n) is 8.14. The maximum Gasteiger partial charge on any atom is 0.310 e. The Kier molecular flexibility index (Phi) is 5.16. The minimum Gasteiger partial charge on any atom is -0.466 e. The van der Waals surface area contributed by atoms with Crippen LogP contribution in [0.5, 0.6) is 0 Å². The summed E-state index contributed by atoms with van der Waals surface area (Å²) in [4.78, 5) is 33.5. The largest absolute Gasteiger partial charge is 0.466 e. The summed E-state index contributed by atoms with van der Waals surface area (Å²) < 4.78 is 5.12. The minimum atomic E-state index is -0.175. The zero-order valence-electron chi connectivity index (χ0n) is 13.5. The van der Waals surface area contributed by atoms with Gasteiger partial charge < -0.3 is 9.72 Å². The average molecular weight is 350 g/mol. The zero-order chi connectivity index (χ0) is 17.1. The van der Waals surface area contributed by atoms with Crippen LogP contribution in [-0.2, 0) is 16.1 Å². The number of hydrogen-bond donors (Lipinski definition) is 1. The first-order valence-corrected chi connectivity index (χ1v) is 8.52. The van der Waals surface area contributed by atoms with E-state index in [2.05, 4.69) is 14.9 Å². The molecule has 3 rings (SSSR count). The molecular weight excluding hydrogens is 330 g/mol. The topological polar surface area (TPSA) is 75.3 Å². The van der Waals surface area contributed by atoms with Crippen LogP contribution in [-0.4, -0.2) is 40.5 Å². The van der Waals surface area contributed by atoms with Gasteiger partial charge in [0, 0.05) is 11.6 Å². The van der Waals surface area contributed by atoms with Crippen LogP contribution >= 0.6 is 11.6 Å². The van der Waals surface area contributed by atoms with E-state index in [0.717, 1.165) is 19.4 Å². The lowest BCUT2D eigenvalue weighted by Crippen LogP contribution is -2.39. The van der Waals surface area contributed by atoms with Crippen molar-refractivity contribution in [1.29, 1.82) is 0 Å². The van der Waals surface area contributed by atoms with Gasteiger partial charge >= 0.3 is 5.97 Å². The fourth-order valence-corrected chi connectivity index (χ4v) is 3.27. The van der Waals surface area contributed by atoms with E-state index in [1.54, 1.807) is 18.2 Å². The number of nitrogens with zero attached hydrogens (tertiary/aromatic N) is 2. The minimum absolute atomic E-state index is 0.111. The van der Waals surface area contributed by atoms with Gasteiger partial charge in [-0.1, -0.05) is 11.6 Å². The predicted octanol–water partition coefficient (Wildman–Crippen LogP) is 2.35. The number of ether oxygens (including phenoxy) is 1. The highest BCUT2D eigenvalue weighted by Gasteiger charge is 2.27. The second kappa shape index (κ2) is 7.32.